The first-order valence-corrected chi connectivity index (χ1v) is 8.40. The van der Waals surface area contributed by atoms with Gasteiger partial charge in [-0.1, -0.05) is 12.2 Å². The molecule has 1 aliphatic heterocycles. The minimum absolute atomic E-state index is 0.00874. The Bertz CT molecular complexity index is 615. The molecule has 1 amide bonds. The predicted molar refractivity (Wildman–Crippen MR) is 98.1 cm³/mol. The van der Waals surface area contributed by atoms with E-state index in [0.717, 1.165) is 24.9 Å². The Kier molecular flexibility index (Phi) is 7.35. The molecule has 0 saturated heterocycles. The SMILES string of the molecule is COc1cc(/C=C/C(=O)N2CC=CCC2)cc(OC)c1OCCCN. The number of carbonyl (C=O) groups excluding carboxylic acids is 1. The highest BCUT2D eigenvalue weighted by Crippen LogP contribution is 2.39. The molecule has 1 heterocycles. The maximum atomic E-state index is 12.2. The largest absolute Gasteiger partial charge is 0.493 e. The van der Waals surface area contributed by atoms with Gasteiger partial charge in [-0.25, -0.2) is 0 Å². The fourth-order valence-corrected chi connectivity index (χ4v) is 2.51. The van der Waals surface area contributed by atoms with Crippen molar-refractivity contribution in [3.05, 3.63) is 35.9 Å². The first-order valence-electron chi connectivity index (χ1n) is 8.40. The van der Waals surface area contributed by atoms with Crippen molar-refractivity contribution in [1.29, 1.82) is 0 Å². The van der Waals surface area contributed by atoms with Gasteiger partial charge in [0.05, 0.1) is 20.8 Å². The fraction of sp³-hybridized carbons (Fsp3) is 0.421. The highest BCUT2D eigenvalue weighted by molar-refractivity contribution is 5.92. The lowest BCUT2D eigenvalue weighted by atomic mass is 10.1. The second kappa shape index (κ2) is 9.74. The highest BCUT2D eigenvalue weighted by Gasteiger charge is 2.14. The van der Waals surface area contributed by atoms with Crippen LogP contribution in [0.2, 0.25) is 0 Å². The molecule has 6 heteroatoms. The molecule has 2 N–H and O–H groups in total. The number of carbonyl (C=O) groups is 1. The minimum Gasteiger partial charge on any atom is -0.493 e. The molecule has 25 heavy (non-hydrogen) atoms. The molecular formula is C19H26N2O4. The molecular weight excluding hydrogens is 320 g/mol. The Morgan fingerprint density at radius 3 is 2.52 bits per heavy atom. The number of methoxy groups -OCH3 is 2. The summed E-state index contributed by atoms with van der Waals surface area (Å²) < 4.78 is 16.5. The van der Waals surface area contributed by atoms with Gasteiger partial charge >= 0.3 is 0 Å². The summed E-state index contributed by atoms with van der Waals surface area (Å²) in [6, 6.07) is 3.64. The zero-order chi connectivity index (χ0) is 18.1. The molecule has 0 radical (unpaired) electrons. The van der Waals surface area contributed by atoms with E-state index in [9.17, 15) is 4.79 Å². The normalized spacial score (nSPS) is 14.0. The molecule has 0 aromatic heterocycles. The summed E-state index contributed by atoms with van der Waals surface area (Å²) in [5.74, 6) is 1.66. The smallest absolute Gasteiger partial charge is 0.246 e. The standard InChI is InChI=1S/C19H26N2O4/c1-23-16-13-15(7-8-18(22)21-10-4-3-5-11-21)14-17(24-2)19(16)25-12-6-9-20/h3-4,7-8,13-14H,5-6,9-12,20H2,1-2H3/b8-7+. The monoisotopic (exact) mass is 346 g/mol. The predicted octanol–water partition coefficient (Wildman–Crippen LogP) is 2.23. The number of nitrogens with two attached hydrogens (primary N) is 1. The number of amides is 1. The second-order valence-electron chi connectivity index (χ2n) is 5.62. The lowest BCUT2D eigenvalue weighted by Crippen LogP contribution is -2.32. The zero-order valence-corrected chi connectivity index (χ0v) is 14.9. The molecule has 1 aromatic rings. The van der Waals surface area contributed by atoms with Gasteiger partial charge in [-0.15, -0.1) is 0 Å². The maximum absolute atomic E-state index is 12.2. The molecule has 0 aliphatic carbocycles. The summed E-state index contributed by atoms with van der Waals surface area (Å²) in [7, 11) is 3.15. The van der Waals surface area contributed by atoms with Crippen LogP contribution >= 0.6 is 0 Å². The van der Waals surface area contributed by atoms with Crippen LogP contribution < -0.4 is 19.9 Å². The van der Waals surface area contributed by atoms with Gasteiger partial charge in [0.1, 0.15) is 0 Å². The van der Waals surface area contributed by atoms with E-state index in [4.69, 9.17) is 19.9 Å². The minimum atomic E-state index is -0.00874. The van der Waals surface area contributed by atoms with Crippen molar-refractivity contribution in [3.8, 4) is 17.2 Å². The molecule has 1 aliphatic rings. The van der Waals surface area contributed by atoms with Crippen LogP contribution in [0.1, 0.15) is 18.4 Å². The van der Waals surface area contributed by atoms with Gasteiger partial charge in [-0.2, -0.15) is 0 Å². The third-order valence-electron chi connectivity index (χ3n) is 3.87. The Balaban J connectivity index is 2.16. The van der Waals surface area contributed by atoms with Crippen LogP contribution in [0.25, 0.3) is 6.08 Å². The molecule has 0 atom stereocenters. The van der Waals surface area contributed by atoms with Gasteiger partial charge in [0.15, 0.2) is 11.5 Å². The van der Waals surface area contributed by atoms with E-state index < -0.39 is 0 Å². The topological polar surface area (TPSA) is 74.0 Å². The van der Waals surface area contributed by atoms with E-state index in [1.165, 1.54) is 0 Å². The summed E-state index contributed by atoms with van der Waals surface area (Å²) in [5, 5.41) is 0. The molecule has 136 valence electrons. The van der Waals surface area contributed by atoms with Gasteiger partial charge in [-0.3, -0.25) is 4.79 Å². The van der Waals surface area contributed by atoms with Crippen molar-refractivity contribution < 1.29 is 19.0 Å². The van der Waals surface area contributed by atoms with Crippen molar-refractivity contribution >= 4 is 12.0 Å². The quantitative estimate of drug-likeness (QED) is 0.444. The number of nitrogens with zero attached hydrogens (tertiary/aromatic N) is 1. The molecule has 0 saturated carbocycles. The van der Waals surface area contributed by atoms with Crippen LogP contribution in [0.3, 0.4) is 0 Å². The second-order valence-corrected chi connectivity index (χ2v) is 5.62. The number of hydrogen-bond donors (Lipinski definition) is 1. The Morgan fingerprint density at radius 2 is 1.96 bits per heavy atom. The lowest BCUT2D eigenvalue weighted by Gasteiger charge is -2.21. The summed E-state index contributed by atoms with van der Waals surface area (Å²) in [5.41, 5.74) is 6.30. The summed E-state index contributed by atoms with van der Waals surface area (Å²) in [4.78, 5) is 14.0. The number of rotatable bonds is 8. The molecule has 6 nitrogen and oxygen atoms in total. The van der Waals surface area contributed by atoms with Crippen molar-refractivity contribution in [2.45, 2.75) is 12.8 Å². The maximum Gasteiger partial charge on any atom is 0.246 e. The third-order valence-corrected chi connectivity index (χ3v) is 3.87. The third kappa shape index (κ3) is 5.26. The average Bonchev–Trinajstić information content (AvgIpc) is 2.67. The zero-order valence-electron chi connectivity index (χ0n) is 14.9. The average molecular weight is 346 g/mol. The molecule has 0 fully saturated rings. The van der Waals surface area contributed by atoms with Crippen LogP contribution in [0.4, 0.5) is 0 Å². The van der Waals surface area contributed by atoms with Crippen LogP contribution in [-0.4, -0.2) is 51.3 Å². The van der Waals surface area contributed by atoms with E-state index in [2.05, 4.69) is 6.08 Å². The molecule has 0 spiro atoms. The first-order chi connectivity index (χ1) is 12.2. The summed E-state index contributed by atoms with van der Waals surface area (Å²) in [6.07, 6.45) is 9.07. The fourth-order valence-electron chi connectivity index (χ4n) is 2.51. The Labute approximate surface area is 148 Å². The lowest BCUT2D eigenvalue weighted by molar-refractivity contribution is -0.125. The van der Waals surface area contributed by atoms with Gasteiger partial charge < -0.3 is 24.8 Å². The van der Waals surface area contributed by atoms with Gasteiger partial charge in [0, 0.05) is 19.2 Å². The molecule has 0 unspecified atom stereocenters. The number of hydrogen-bond acceptors (Lipinski definition) is 5. The highest BCUT2D eigenvalue weighted by atomic mass is 16.5. The van der Waals surface area contributed by atoms with Crippen molar-refractivity contribution in [2.24, 2.45) is 5.73 Å². The van der Waals surface area contributed by atoms with Crippen LogP contribution in [0.5, 0.6) is 17.2 Å². The van der Waals surface area contributed by atoms with E-state index in [-0.39, 0.29) is 5.91 Å². The summed E-state index contributed by atoms with van der Waals surface area (Å²) in [6.45, 7) is 2.45. The Hall–Kier alpha value is -2.47. The van der Waals surface area contributed by atoms with Gasteiger partial charge in [0.2, 0.25) is 11.7 Å². The van der Waals surface area contributed by atoms with Crippen LogP contribution in [-0.2, 0) is 4.79 Å². The Morgan fingerprint density at radius 1 is 1.24 bits per heavy atom. The molecule has 1 aromatic carbocycles. The van der Waals surface area contributed by atoms with Gasteiger partial charge in [0.25, 0.3) is 0 Å². The molecule has 2 rings (SSSR count). The van der Waals surface area contributed by atoms with E-state index in [1.807, 2.05) is 18.2 Å². The van der Waals surface area contributed by atoms with Gasteiger partial charge in [-0.05, 0) is 43.2 Å². The van der Waals surface area contributed by atoms with Crippen molar-refractivity contribution in [3.63, 3.8) is 0 Å². The summed E-state index contributed by atoms with van der Waals surface area (Å²) >= 11 is 0. The van der Waals surface area contributed by atoms with E-state index in [0.29, 0.717) is 36.9 Å². The van der Waals surface area contributed by atoms with Crippen LogP contribution in [0.15, 0.2) is 30.4 Å². The van der Waals surface area contributed by atoms with Crippen molar-refractivity contribution in [2.75, 3.05) is 40.5 Å². The van der Waals surface area contributed by atoms with E-state index in [1.54, 1.807) is 31.3 Å². The number of ether oxygens (including phenoxy) is 3. The first kappa shape index (κ1) is 18.9. The van der Waals surface area contributed by atoms with Crippen LogP contribution in [0, 0.1) is 0 Å². The number of benzene rings is 1. The van der Waals surface area contributed by atoms with E-state index >= 15 is 0 Å². The van der Waals surface area contributed by atoms with Crippen molar-refractivity contribution in [1.82, 2.24) is 4.90 Å². The molecule has 0 bridgehead atoms.